The SMILES string of the molecule is CN=C(NCCc1ccc2c(c1)OCO2)N1CCC(OCCCOC)CC1. The molecule has 27 heavy (non-hydrogen) atoms. The minimum atomic E-state index is 0.315. The Labute approximate surface area is 161 Å². The van der Waals surface area contributed by atoms with Crippen molar-refractivity contribution in [3.8, 4) is 11.5 Å². The van der Waals surface area contributed by atoms with Gasteiger partial charge in [0.15, 0.2) is 17.5 Å². The van der Waals surface area contributed by atoms with Crippen LogP contribution in [-0.2, 0) is 15.9 Å². The number of methoxy groups -OCH3 is 1. The molecule has 0 radical (unpaired) electrons. The molecule has 2 aliphatic rings. The Morgan fingerprint density at radius 3 is 2.81 bits per heavy atom. The van der Waals surface area contributed by atoms with E-state index in [1.807, 2.05) is 13.1 Å². The van der Waals surface area contributed by atoms with Crippen molar-refractivity contribution in [2.45, 2.75) is 31.8 Å². The molecule has 1 saturated heterocycles. The number of aliphatic imine (C=N–C) groups is 1. The molecule has 0 saturated carbocycles. The van der Waals surface area contributed by atoms with Crippen LogP contribution in [0.2, 0.25) is 0 Å². The van der Waals surface area contributed by atoms with Crippen molar-refractivity contribution < 1.29 is 18.9 Å². The lowest BCUT2D eigenvalue weighted by Crippen LogP contribution is -2.47. The van der Waals surface area contributed by atoms with Crippen molar-refractivity contribution in [3.63, 3.8) is 0 Å². The van der Waals surface area contributed by atoms with Crippen LogP contribution >= 0.6 is 0 Å². The third-order valence-electron chi connectivity index (χ3n) is 4.93. The molecule has 150 valence electrons. The van der Waals surface area contributed by atoms with Crippen LogP contribution < -0.4 is 14.8 Å². The molecule has 0 unspecified atom stereocenters. The molecule has 2 aliphatic heterocycles. The quantitative estimate of drug-likeness (QED) is 0.425. The Morgan fingerprint density at radius 2 is 2.04 bits per heavy atom. The van der Waals surface area contributed by atoms with Gasteiger partial charge in [-0.2, -0.15) is 0 Å². The van der Waals surface area contributed by atoms with Gasteiger partial charge in [0.25, 0.3) is 0 Å². The van der Waals surface area contributed by atoms with E-state index in [0.717, 1.165) is 76.0 Å². The number of nitrogens with zero attached hydrogens (tertiary/aromatic N) is 2. The molecule has 0 atom stereocenters. The first-order valence-electron chi connectivity index (χ1n) is 9.75. The maximum absolute atomic E-state index is 5.93. The fraction of sp³-hybridized carbons (Fsp3) is 0.650. The van der Waals surface area contributed by atoms with Crippen molar-refractivity contribution in [3.05, 3.63) is 23.8 Å². The van der Waals surface area contributed by atoms with Crippen molar-refractivity contribution in [2.24, 2.45) is 4.99 Å². The van der Waals surface area contributed by atoms with Crippen LogP contribution in [-0.4, -0.2) is 70.8 Å². The van der Waals surface area contributed by atoms with Gasteiger partial charge in [-0.15, -0.1) is 0 Å². The standard InChI is InChI=1S/C20H31N3O4/c1-21-20(23-10-7-17(8-11-23)25-13-3-12-24-2)22-9-6-16-4-5-18-19(14-16)27-15-26-18/h4-5,14,17H,3,6-13,15H2,1-2H3,(H,21,22). The normalized spacial score (nSPS) is 17.4. The second kappa shape index (κ2) is 10.4. The predicted molar refractivity (Wildman–Crippen MR) is 105 cm³/mol. The Balaban J connectivity index is 1.37. The summed E-state index contributed by atoms with van der Waals surface area (Å²) in [6.07, 6.45) is 4.30. The summed E-state index contributed by atoms with van der Waals surface area (Å²) in [5.74, 6) is 2.63. The zero-order valence-corrected chi connectivity index (χ0v) is 16.4. The van der Waals surface area contributed by atoms with E-state index in [9.17, 15) is 0 Å². The van der Waals surface area contributed by atoms with Crippen LogP contribution in [0, 0.1) is 0 Å². The van der Waals surface area contributed by atoms with Crippen molar-refractivity contribution in [1.29, 1.82) is 0 Å². The lowest BCUT2D eigenvalue weighted by Gasteiger charge is -2.34. The maximum atomic E-state index is 5.93. The third kappa shape index (κ3) is 5.74. The Kier molecular flexibility index (Phi) is 7.59. The van der Waals surface area contributed by atoms with Crippen LogP contribution in [0.15, 0.2) is 23.2 Å². The molecule has 1 N–H and O–H groups in total. The predicted octanol–water partition coefficient (Wildman–Crippen LogP) is 2.05. The molecule has 2 heterocycles. The number of rotatable bonds is 8. The summed E-state index contributed by atoms with van der Waals surface area (Å²) in [5.41, 5.74) is 1.23. The minimum absolute atomic E-state index is 0.315. The molecule has 1 aromatic rings. The van der Waals surface area contributed by atoms with Gasteiger partial charge in [-0.3, -0.25) is 4.99 Å². The number of ether oxygens (including phenoxy) is 4. The van der Waals surface area contributed by atoms with E-state index in [4.69, 9.17) is 18.9 Å². The van der Waals surface area contributed by atoms with Crippen LogP contribution in [0.1, 0.15) is 24.8 Å². The van der Waals surface area contributed by atoms with Crippen LogP contribution in [0.5, 0.6) is 11.5 Å². The first kappa shape index (κ1) is 19.8. The Bertz CT molecular complexity index is 615. The lowest BCUT2D eigenvalue weighted by atomic mass is 10.1. The highest BCUT2D eigenvalue weighted by Gasteiger charge is 2.21. The monoisotopic (exact) mass is 377 g/mol. The van der Waals surface area contributed by atoms with Gasteiger partial charge in [-0.05, 0) is 43.4 Å². The number of fused-ring (bicyclic) bond motifs is 1. The molecule has 1 aromatic carbocycles. The van der Waals surface area contributed by atoms with Gasteiger partial charge in [-0.25, -0.2) is 0 Å². The van der Waals surface area contributed by atoms with Crippen molar-refractivity contribution in [1.82, 2.24) is 10.2 Å². The lowest BCUT2D eigenvalue weighted by molar-refractivity contribution is 0.00992. The average Bonchev–Trinajstić information content (AvgIpc) is 3.17. The number of benzene rings is 1. The fourth-order valence-electron chi connectivity index (χ4n) is 3.43. The smallest absolute Gasteiger partial charge is 0.231 e. The number of hydrogen-bond acceptors (Lipinski definition) is 5. The molecule has 1 fully saturated rings. The zero-order valence-electron chi connectivity index (χ0n) is 16.4. The largest absolute Gasteiger partial charge is 0.454 e. The summed E-state index contributed by atoms with van der Waals surface area (Å²) in [6, 6.07) is 6.12. The highest BCUT2D eigenvalue weighted by atomic mass is 16.7. The Morgan fingerprint density at radius 1 is 1.22 bits per heavy atom. The number of piperidine rings is 1. The summed E-state index contributed by atoms with van der Waals surface area (Å²) in [4.78, 5) is 6.76. The number of nitrogens with one attached hydrogen (secondary N) is 1. The van der Waals surface area contributed by atoms with Gasteiger partial charge in [0.1, 0.15) is 0 Å². The van der Waals surface area contributed by atoms with Gasteiger partial charge in [0.05, 0.1) is 6.10 Å². The van der Waals surface area contributed by atoms with E-state index >= 15 is 0 Å². The van der Waals surface area contributed by atoms with E-state index in [1.54, 1.807) is 7.11 Å². The van der Waals surface area contributed by atoms with E-state index < -0.39 is 0 Å². The molecule has 0 bridgehead atoms. The van der Waals surface area contributed by atoms with Crippen LogP contribution in [0.25, 0.3) is 0 Å². The van der Waals surface area contributed by atoms with Gasteiger partial charge in [0.2, 0.25) is 6.79 Å². The van der Waals surface area contributed by atoms with Gasteiger partial charge < -0.3 is 29.2 Å². The molecule has 7 nitrogen and oxygen atoms in total. The molecule has 0 aromatic heterocycles. The summed E-state index contributed by atoms with van der Waals surface area (Å²) < 4.78 is 21.8. The summed E-state index contributed by atoms with van der Waals surface area (Å²) in [5, 5.41) is 3.48. The molecule has 7 heteroatoms. The molecule has 0 spiro atoms. The second-order valence-corrected chi connectivity index (χ2v) is 6.82. The highest BCUT2D eigenvalue weighted by molar-refractivity contribution is 5.80. The fourth-order valence-corrected chi connectivity index (χ4v) is 3.43. The summed E-state index contributed by atoms with van der Waals surface area (Å²) in [6.45, 7) is 4.63. The zero-order chi connectivity index (χ0) is 18.9. The van der Waals surface area contributed by atoms with Crippen molar-refractivity contribution >= 4 is 5.96 Å². The summed E-state index contributed by atoms with van der Waals surface area (Å²) in [7, 11) is 3.57. The van der Waals surface area contributed by atoms with Gasteiger partial charge in [0, 0.05) is 47.0 Å². The average molecular weight is 377 g/mol. The first-order valence-corrected chi connectivity index (χ1v) is 9.75. The molecule has 3 rings (SSSR count). The Hall–Kier alpha value is -1.99. The van der Waals surface area contributed by atoms with Crippen LogP contribution in [0.4, 0.5) is 0 Å². The first-order chi connectivity index (χ1) is 13.3. The number of guanidine groups is 1. The topological polar surface area (TPSA) is 64.6 Å². The van der Waals surface area contributed by atoms with Crippen molar-refractivity contribution in [2.75, 3.05) is 53.8 Å². The third-order valence-corrected chi connectivity index (χ3v) is 4.93. The second-order valence-electron chi connectivity index (χ2n) is 6.82. The van der Waals surface area contributed by atoms with Gasteiger partial charge in [-0.1, -0.05) is 6.07 Å². The summed E-state index contributed by atoms with van der Waals surface area (Å²) >= 11 is 0. The highest BCUT2D eigenvalue weighted by Crippen LogP contribution is 2.32. The molecular weight excluding hydrogens is 346 g/mol. The van der Waals surface area contributed by atoms with E-state index in [2.05, 4.69) is 27.3 Å². The molecular formula is C20H31N3O4. The number of likely N-dealkylation sites (tertiary alicyclic amines) is 1. The van der Waals surface area contributed by atoms with Crippen LogP contribution in [0.3, 0.4) is 0 Å². The van der Waals surface area contributed by atoms with E-state index in [1.165, 1.54) is 5.56 Å². The number of hydrogen-bond donors (Lipinski definition) is 1. The van der Waals surface area contributed by atoms with E-state index in [-0.39, 0.29) is 0 Å². The minimum Gasteiger partial charge on any atom is -0.454 e. The maximum Gasteiger partial charge on any atom is 0.231 e. The molecule has 0 amide bonds. The van der Waals surface area contributed by atoms with Gasteiger partial charge >= 0.3 is 0 Å². The van der Waals surface area contributed by atoms with E-state index in [0.29, 0.717) is 12.9 Å². The molecule has 0 aliphatic carbocycles.